The fourth-order valence-corrected chi connectivity index (χ4v) is 3.07. The zero-order valence-corrected chi connectivity index (χ0v) is 13.4. The Morgan fingerprint density at radius 1 is 1.50 bits per heavy atom. The highest BCUT2D eigenvalue weighted by molar-refractivity contribution is 5.13. The molecule has 2 atom stereocenters. The maximum atomic E-state index is 5.04. The number of likely N-dealkylation sites (N-methyl/N-ethyl adjacent to an activating group) is 1. The van der Waals surface area contributed by atoms with Crippen LogP contribution in [0.15, 0.2) is 29.0 Å². The molecule has 0 bridgehead atoms. The van der Waals surface area contributed by atoms with Crippen LogP contribution in [0, 0.1) is 6.92 Å². The Balaban J connectivity index is 1.57. The van der Waals surface area contributed by atoms with Crippen molar-refractivity contribution < 1.29 is 4.52 Å². The number of rotatable bonds is 5. The second-order valence-electron chi connectivity index (χ2n) is 6.04. The van der Waals surface area contributed by atoms with Crippen LogP contribution in [0.4, 0.5) is 0 Å². The average molecular weight is 301 g/mol. The van der Waals surface area contributed by atoms with E-state index in [1.54, 1.807) is 0 Å². The lowest BCUT2D eigenvalue weighted by Gasteiger charge is -2.27. The second-order valence-corrected chi connectivity index (χ2v) is 6.04. The first kappa shape index (κ1) is 15.1. The molecule has 0 unspecified atom stereocenters. The van der Waals surface area contributed by atoms with Gasteiger partial charge >= 0.3 is 0 Å². The fraction of sp³-hybridized carbons (Fsp3) is 0.562. The van der Waals surface area contributed by atoms with E-state index < -0.39 is 0 Å². The fourth-order valence-electron chi connectivity index (χ4n) is 3.07. The Labute approximate surface area is 131 Å². The molecule has 0 saturated carbocycles. The molecule has 3 rings (SSSR count). The molecule has 1 aliphatic rings. The van der Waals surface area contributed by atoms with Gasteiger partial charge < -0.3 is 4.52 Å². The highest BCUT2D eigenvalue weighted by atomic mass is 16.5. The maximum absolute atomic E-state index is 5.04. The molecule has 6 heteroatoms. The summed E-state index contributed by atoms with van der Waals surface area (Å²) in [7, 11) is 2.13. The van der Waals surface area contributed by atoms with Crippen molar-refractivity contribution in [2.24, 2.45) is 0 Å². The van der Waals surface area contributed by atoms with E-state index in [1.807, 2.05) is 25.4 Å². The average Bonchev–Trinajstić information content (AvgIpc) is 3.17. The van der Waals surface area contributed by atoms with Crippen molar-refractivity contribution in [3.63, 3.8) is 0 Å². The zero-order valence-electron chi connectivity index (χ0n) is 13.4. The molecule has 1 aliphatic heterocycles. The van der Waals surface area contributed by atoms with E-state index in [4.69, 9.17) is 4.52 Å². The van der Waals surface area contributed by atoms with Gasteiger partial charge in [-0.1, -0.05) is 11.2 Å². The molecule has 0 radical (unpaired) electrons. The van der Waals surface area contributed by atoms with E-state index in [9.17, 15) is 0 Å². The second kappa shape index (κ2) is 6.54. The van der Waals surface area contributed by atoms with Gasteiger partial charge in [0.1, 0.15) is 0 Å². The predicted octanol–water partition coefficient (Wildman–Crippen LogP) is 2.04. The summed E-state index contributed by atoms with van der Waals surface area (Å²) < 4.78 is 5.04. The van der Waals surface area contributed by atoms with Crippen LogP contribution < -0.4 is 0 Å². The number of nitrogens with zero attached hydrogens (tertiary/aromatic N) is 5. The summed E-state index contributed by atoms with van der Waals surface area (Å²) in [6.07, 6.45) is 4.95. The van der Waals surface area contributed by atoms with Gasteiger partial charge in [0.2, 0.25) is 5.89 Å². The van der Waals surface area contributed by atoms with Gasteiger partial charge in [-0.3, -0.25) is 14.8 Å². The van der Waals surface area contributed by atoms with Crippen molar-refractivity contribution in [1.82, 2.24) is 24.9 Å². The molecule has 1 saturated heterocycles. The van der Waals surface area contributed by atoms with Crippen molar-refractivity contribution in [2.75, 3.05) is 20.1 Å². The summed E-state index contributed by atoms with van der Waals surface area (Å²) in [4.78, 5) is 13.3. The van der Waals surface area contributed by atoms with Crippen molar-refractivity contribution in [3.8, 4) is 0 Å². The molecule has 2 aromatic heterocycles. The van der Waals surface area contributed by atoms with Crippen molar-refractivity contribution in [3.05, 3.63) is 41.8 Å². The van der Waals surface area contributed by atoms with Crippen LogP contribution in [0.2, 0.25) is 0 Å². The molecule has 0 aliphatic carbocycles. The summed E-state index contributed by atoms with van der Waals surface area (Å²) in [6, 6.07) is 5.08. The molecule has 6 nitrogen and oxygen atoms in total. The molecule has 0 spiro atoms. The first-order valence-corrected chi connectivity index (χ1v) is 7.77. The highest BCUT2D eigenvalue weighted by Crippen LogP contribution is 2.26. The van der Waals surface area contributed by atoms with E-state index >= 15 is 0 Å². The van der Waals surface area contributed by atoms with Gasteiger partial charge in [-0.25, -0.2) is 0 Å². The molecular weight excluding hydrogens is 278 g/mol. The molecule has 118 valence electrons. The molecule has 1 fully saturated rings. The number of pyridine rings is 1. The standard InChI is InChI=1S/C16H23N5O/c1-12(14-5-4-7-17-9-14)21-8-6-15(10-21)20(3)11-16-18-13(2)22-19-16/h4-5,7,9,12,15H,6,8,10-11H2,1-3H3/t12-,15-/m0/s1. The molecule has 2 aromatic rings. The largest absolute Gasteiger partial charge is 0.340 e. The minimum atomic E-state index is 0.402. The number of hydrogen-bond acceptors (Lipinski definition) is 6. The Kier molecular flexibility index (Phi) is 4.49. The third-order valence-corrected chi connectivity index (χ3v) is 4.49. The van der Waals surface area contributed by atoms with Crippen molar-refractivity contribution in [1.29, 1.82) is 0 Å². The van der Waals surface area contributed by atoms with Gasteiger partial charge in [-0.2, -0.15) is 4.98 Å². The lowest BCUT2D eigenvalue weighted by molar-refractivity contribution is 0.198. The number of hydrogen-bond donors (Lipinski definition) is 0. The maximum Gasteiger partial charge on any atom is 0.223 e. The SMILES string of the molecule is Cc1nc(CN(C)[C@H]2CCN([C@@H](C)c3cccnc3)C2)no1. The van der Waals surface area contributed by atoms with Crippen LogP contribution >= 0.6 is 0 Å². The summed E-state index contributed by atoms with van der Waals surface area (Å²) in [5.41, 5.74) is 1.28. The summed E-state index contributed by atoms with van der Waals surface area (Å²) in [6.45, 7) is 6.97. The minimum absolute atomic E-state index is 0.402. The minimum Gasteiger partial charge on any atom is -0.340 e. The first-order chi connectivity index (χ1) is 10.6. The van der Waals surface area contributed by atoms with E-state index in [1.165, 1.54) is 5.56 Å². The van der Waals surface area contributed by atoms with E-state index in [0.29, 0.717) is 18.0 Å². The highest BCUT2D eigenvalue weighted by Gasteiger charge is 2.29. The van der Waals surface area contributed by atoms with Gasteiger partial charge in [0, 0.05) is 44.5 Å². The summed E-state index contributed by atoms with van der Waals surface area (Å²) in [5.74, 6) is 1.39. The van der Waals surface area contributed by atoms with E-state index in [2.05, 4.69) is 45.0 Å². The normalized spacial score (nSPS) is 20.6. The Morgan fingerprint density at radius 3 is 3.05 bits per heavy atom. The number of aromatic nitrogens is 3. The Morgan fingerprint density at radius 2 is 2.36 bits per heavy atom. The Hall–Kier alpha value is -1.79. The summed E-state index contributed by atoms with van der Waals surface area (Å²) in [5, 5.41) is 3.98. The van der Waals surface area contributed by atoms with Gasteiger partial charge in [-0.05, 0) is 32.0 Å². The van der Waals surface area contributed by atoms with Crippen LogP contribution in [0.3, 0.4) is 0 Å². The monoisotopic (exact) mass is 301 g/mol. The van der Waals surface area contributed by atoms with Gasteiger partial charge in [0.05, 0.1) is 6.54 Å². The Bertz CT molecular complexity index is 600. The molecule has 0 aromatic carbocycles. The van der Waals surface area contributed by atoms with E-state index in [-0.39, 0.29) is 0 Å². The third-order valence-electron chi connectivity index (χ3n) is 4.49. The van der Waals surface area contributed by atoms with Gasteiger partial charge in [-0.15, -0.1) is 0 Å². The topological polar surface area (TPSA) is 58.3 Å². The number of likely N-dealkylation sites (tertiary alicyclic amines) is 1. The van der Waals surface area contributed by atoms with Crippen LogP contribution in [-0.2, 0) is 6.54 Å². The van der Waals surface area contributed by atoms with Gasteiger partial charge in [0.15, 0.2) is 5.82 Å². The van der Waals surface area contributed by atoms with Crippen molar-refractivity contribution >= 4 is 0 Å². The van der Waals surface area contributed by atoms with Crippen LogP contribution in [0.1, 0.15) is 36.7 Å². The lowest BCUT2D eigenvalue weighted by atomic mass is 10.1. The lowest BCUT2D eigenvalue weighted by Crippen LogP contribution is -2.35. The molecule has 0 N–H and O–H groups in total. The van der Waals surface area contributed by atoms with Crippen LogP contribution in [-0.4, -0.2) is 51.1 Å². The molecule has 22 heavy (non-hydrogen) atoms. The first-order valence-electron chi connectivity index (χ1n) is 7.77. The number of aryl methyl sites for hydroxylation is 1. The van der Waals surface area contributed by atoms with Crippen molar-refractivity contribution in [2.45, 2.75) is 38.9 Å². The third kappa shape index (κ3) is 3.34. The molecular formula is C16H23N5O. The predicted molar refractivity (Wildman–Crippen MR) is 83.1 cm³/mol. The quantitative estimate of drug-likeness (QED) is 0.842. The van der Waals surface area contributed by atoms with Gasteiger partial charge in [0.25, 0.3) is 0 Å². The summed E-state index contributed by atoms with van der Waals surface area (Å²) >= 11 is 0. The molecule has 3 heterocycles. The van der Waals surface area contributed by atoms with E-state index in [0.717, 1.165) is 31.9 Å². The zero-order chi connectivity index (χ0) is 15.5. The van der Waals surface area contributed by atoms with Crippen LogP contribution in [0.5, 0.6) is 0 Å². The van der Waals surface area contributed by atoms with Crippen LogP contribution in [0.25, 0.3) is 0 Å². The molecule has 0 amide bonds. The smallest absolute Gasteiger partial charge is 0.223 e.